The summed E-state index contributed by atoms with van der Waals surface area (Å²) in [7, 11) is 1.89. The van der Waals surface area contributed by atoms with E-state index in [1.165, 1.54) is 6.07 Å². The quantitative estimate of drug-likeness (QED) is 0.474. The largest absolute Gasteiger partial charge is 0.455 e. The van der Waals surface area contributed by atoms with E-state index >= 15 is 0 Å². The van der Waals surface area contributed by atoms with E-state index in [0.29, 0.717) is 22.3 Å². The van der Waals surface area contributed by atoms with Crippen molar-refractivity contribution in [2.75, 3.05) is 0 Å². The van der Waals surface area contributed by atoms with Crippen molar-refractivity contribution in [3.63, 3.8) is 0 Å². The number of nitriles is 1. The molecule has 0 aliphatic rings. The van der Waals surface area contributed by atoms with Gasteiger partial charge in [0.1, 0.15) is 24.0 Å². The fourth-order valence-corrected chi connectivity index (χ4v) is 3.41. The fraction of sp³-hybridized carbons (Fsp3) is 0.143. The van der Waals surface area contributed by atoms with Gasteiger partial charge in [0.15, 0.2) is 6.20 Å². The Hall–Kier alpha value is -3.19. The molecule has 4 heteroatoms. The lowest BCUT2D eigenvalue weighted by Crippen LogP contribution is -2.31. The van der Waals surface area contributed by atoms with Gasteiger partial charge in [0, 0.05) is 22.4 Å². The van der Waals surface area contributed by atoms with Crippen LogP contribution in [-0.4, -0.2) is 0 Å². The summed E-state index contributed by atoms with van der Waals surface area (Å²) in [6, 6.07) is 13.1. The van der Waals surface area contributed by atoms with Gasteiger partial charge in [-0.15, -0.1) is 0 Å². The second kappa shape index (κ2) is 5.42. The first-order chi connectivity index (χ1) is 12.0. The molecule has 0 aliphatic heterocycles. The molecule has 0 spiro atoms. The second-order valence-electron chi connectivity index (χ2n) is 6.33. The summed E-state index contributed by atoms with van der Waals surface area (Å²) >= 11 is 0. The molecule has 25 heavy (non-hydrogen) atoms. The lowest BCUT2D eigenvalue weighted by atomic mass is 9.99. The first-order valence-electron chi connectivity index (χ1n) is 8.02. The van der Waals surface area contributed by atoms with Gasteiger partial charge in [-0.3, -0.25) is 0 Å². The van der Waals surface area contributed by atoms with Gasteiger partial charge in [0.05, 0.1) is 17.2 Å². The molecule has 2 heterocycles. The summed E-state index contributed by atoms with van der Waals surface area (Å²) in [6.07, 6.45) is 1.77. The van der Waals surface area contributed by atoms with Crippen molar-refractivity contribution < 1.29 is 13.4 Å². The van der Waals surface area contributed by atoms with Gasteiger partial charge >= 0.3 is 0 Å². The summed E-state index contributed by atoms with van der Waals surface area (Å²) in [5.74, 6) is -0.252. The van der Waals surface area contributed by atoms with Crippen LogP contribution in [0.25, 0.3) is 33.2 Å². The Morgan fingerprint density at radius 3 is 2.68 bits per heavy atom. The molecule has 0 radical (unpaired) electrons. The maximum Gasteiger partial charge on any atom is 0.219 e. The molecule has 2 aromatic carbocycles. The van der Waals surface area contributed by atoms with Crippen LogP contribution >= 0.6 is 0 Å². The maximum atomic E-state index is 14.2. The van der Waals surface area contributed by atoms with Gasteiger partial charge in [-0.05, 0) is 31.5 Å². The first-order valence-corrected chi connectivity index (χ1v) is 8.02. The number of fused-ring (bicyclic) bond motifs is 3. The highest BCUT2D eigenvalue weighted by atomic mass is 19.1. The molecule has 0 unspecified atom stereocenters. The first kappa shape index (κ1) is 15.3. The second-order valence-corrected chi connectivity index (χ2v) is 6.33. The zero-order chi connectivity index (χ0) is 17.7. The van der Waals surface area contributed by atoms with Gasteiger partial charge in [0.25, 0.3) is 0 Å². The molecule has 0 atom stereocenters. The number of hydrogen-bond acceptors (Lipinski definition) is 2. The molecule has 122 valence electrons. The smallest absolute Gasteiger partial charge is 0.219 e. The Balaban J connectivity index is 2.17. The van der Waals surface area contributed by atoms with Crippen molar-refractivity contribution in [1.82, 2.24) is 0 Å². The van der Waals surface area contributed by atoms with Gasteiger partial charge in [0.2, 0.25) is 5.69 Å². The molecular weight excluding hydrogens is 315 g/mol. The zero-order valence-corrected chi connectivity index (χ0v) is 14.2. The van der Waals surface area contributed by atoms with Gasteiger partial charge < -0.3 is 4.42 Å². The molecule has 3 nitrogen and oxygen atoms in total. The minimum Gasteiger partial charge on any atom is -0.455 e. The Labute approximate surface area is 144 Å². The molecule has 0 aliphatic carbocycles. The third-order valence-corrected chi connectivity index (χ3v) is 4.66. The molecule has 4 aromatic rings. The van der Waals surface area contributed by atoms with Crippen molar-refractivity contribution >= 4 is 21.9 Å². The highest BCUT2D eigenvalue weighted by Crippen LogP contribution is 2.38. The summed E-state index contributed by atoms with van der Waals surface area (Å²) in [5.41, 5.74) is 5.08. The number of rotatable bonds is 1. The molecule has 4 rings (SSSR count). The average molecular weight is 331 g/mol. The van der Waals surface area contributed by atoms with Crippen LogP contribution in [0.1, 0.15) is 16.7 Å². The number of pyridine rings is 1. The van der Waals surface area contributed by atoms with Crippen LogP contribution in [0, 0.1) is 31.0 Å². The number of aryl methyl sites for hydroxylation is 3. The van der Waals surface area contributed by atoms with Crippen LogP contribution in [0.3, 0.4) is 0 Å². The topological polar surface area (TPSA) is 40.8 Å². The minimum atomic E-state index is -0.252. The lowest BCUT2D eigenvalue weighted by molar-refractivity contribution is -0.661. The molecule has 0 N–H and O–H groups in total. The van der Waals surface area contributed by atoms with Crippen LogP contribution in [-0.2, 0) is 7.05 Å². The van der Waals surface area contributed by atoms with Gasteiger partial charge in [-0.2, -0.15) is 5.26 Å². The number of hydrogen-bond donors (Lipinski definition) is 0. The zero-order valence-electron chi connectivity index (χ0n) is 14.2. The fourth-order valence-electron chi connectivity index (χ4n) is 3.41. The molecule has 2 aromatic heterocycles. The number of nitrogens with zero attached hydrogens (tertiary/aromatic N) is 2. The monoisotopic (exact) mass is 331 g/mol. The molecule has 0 bridgehead atoms. The summed E-state index contributed by atoms with van der Waals surface area (Å²) < 4.78 is 22.2. The Kier molecular flexibility index (Phi) is 3.33. The van der Waals surface area contributed by atoms with E-state index in [2.05, 4.69) is 6.07 Å². The van der Waals surface area contributed by atoms with Crippen LogP contribution in [0.5, 0.6) is 0 Å². The highest BCUT2D eigenvalue weighted by Gasteiger charge is 2.23. The summed E-state index contributed by atoms with van der Waals surface area (Å²) in [6.45, 7) is 3.72. The molecule has 0 saturated heterocycles. The standard InChI is InChI=1S/C21H16FN2O/c1-12-7-8-15-20-14(10-23)5-4-6-18(20)25-21(15)19(12)17-9-16(22)13(2)11-24(17)3/h4-9,11H,1-3H3/q+1. The van der Waals surface area contributed by atoms with E-state index < -0.39 is 0 Å². The van der Waals surface area contributed by atoms with Crippen LogP contribution in [0.15, 0.2) is 47.0 Å². The molecule has 0 saturated carbocycles. The molecular formula is C21H16FN2O+. The number of halogens is 1. The number of aromatic nitrogens is 1. The minimum absolute atomic E-state index is 0.252. The van der Waals surface area contributed by atoms with Gasteiger partial charge in [-0.25, -0.2) is 8.96 Å². The highest BCUT2D eigenvalue weighted by molar-refractivity contribution is 6.11. The van der Waals surface area contributed by atoms with Crippen molar-refractivity contribution in [3.8, 4) is 17.3 Å². The van der Waals surface area contributed by atoms with Crippen molar-refractivity contribution in [3.05, 3.63) is 65.1 Å². The van der Waals surface area contributed by atoms with E-state index in [-0.39, 0.29) is 5.82 Å². The van der Waals surface area contributed by atoms with E-state index in [0.717, 1.165) is 27.6 Å². The predicted octanol–water partition coefficient (Wildman–Crippen LogP) is 4.71. The lowest BCUT2D eigenvalue weighted by Gasteiger charge is -2.06. The molecule has 0 amide bonds. The third-order valence-electron chi connectivity index (χ3n) is 4.66. The normalized spacial score (nSPS) is 11.2. The number of benzene rings is 2. The van der Waals surface area contributed by atoms with Crippen LogP contribution < -0.4 is 4.57 Å². The van der Waals surface area contributed by atoms with E-state index in [1.807, 2.05) is 36.7 Å². The van der Waals surface area contributed by atoms with Crippen molar-refractivity contribution in [1.29, 1.82) is 5.26 Å². The SMILES string of the molecule is Cc1c[n+](C)c(-c2c(C)ccc3c2oc2cccc(C#N)c23)cc1F. The van der Waals surface area contributed by atoms with E-state index in [9.17, 15) is 9.65 Å². The third kappa shape index (κ3) is 2.20. The Morgan fingerprint density at radius 2 is 1.92 bits per heavy atom. The predicted molar refractivity (Wildman–Crippen MR) is 94.5 cm³/mol. The van der Waals surface area contributed by atoms with E-state index in [4.69, 9.17) is 4.42 Å². The Morgan fingerprint density at radius 1 is 1.12 bits per heavy atom. The summed E-state index contributed by atoms with van der Waals surface area (Å²) in [5, 5.41) is 11.1. The van der Waals surface area contributed by atoms with E-state index in [1.54, 1.807) is 25.3 Å². The maximum absolute atomic E-state index is 14.2. The molecule has 0 fully saturated rings. The van der Waals surface area contributed by atoms with Crippen molar-refractivity contribution in [2.45, 2.75) is 13.8 Å². The van der Waals surface area contributed by atoms with Crippen molar-refractivity contribution in [2.24, 2.45) is 7.05 Å². The average Bonchev–Trinajstić information content (AvgIpc) is 2.97. The van der Waals surface area contributed by atoms with Crippen LogP contribution in [0.2, 0.25) is 0 Å². The number of furan rings is 1. The van der Waals surface area contributed by atoms with Crippen LogP contribution in [0.4, 0.5) is 4.39 Å². The Bertz CT molecular complexity index is 1200. The summed E-state index contributed by atoms with van der Waals surface area (Å²) in [4.78, 5) is 0. The van der Waals surface area contributed by atoms with Gasteiger partial charge in [-0.1, -0.05) is 18.2 Å².